The Morgan fingerprint density at radius 1 is 1.24 bits per heavy atom. The van der Waals surface area contributed by atoms with E-state index in [1.165, 1.54) is 12.1 Å². The Bertz CT molecular complexity index is 669. The number of nitro benzene ring substituents is 1. The van der Waals surface area contributed by atoms with E-state index in [0.29, 0.717) is 0 Å². The number of aryl methyl sites for hydroxylation is 1. The Balaban J connectivity index is 2.24. The Morgan fingerprint density at radius 2 is 2.00 bits per heavy atom. The quantitative estimate of drug-likeness (QED) is 0.670. The van der Waals surface area contributed by atoms with Gasteiger partial charge in [-0.05, 0) is 37.1 Å². The lowest BCUT2D eigenvalue weighted by atomic mass is 10.1. The van der Waals surface area contributed by atoms with E-state index in [-0.39, 0.29) is 12.3 Å². The van der Waals surface area contributed by atoms with Crippen LogP contribution in [0.2, 0.25) is 0 Å². The van der Waals surface area contributed by atoms with Gasteiger partial charge in [-0.3, -0.25) is 10.1 Å². The standard InChI is InChI=1S/C16H18N2O3/c1-11-5-4-6-16(12(11)2)21-10-13-9-14(18(19)20)7-8-15(13)17-3/h4-9,17H,10H2,1-3H3. The smallest absolute Gasteiger partial charge is 0.269 e. The van der Waals surface area contributed by atoms with Crippen LogP contribution >= 0.6 is 0 Å². The lowest BCUT2D eigenvalue weighted by molar-refractivity contribution is -0.384. The van der Waals surface area contributed by atoms with Crippen LogP contribution in [0, 0.1) is 24.0 Å². The SMILES string of the molecule is CNc1ccc([N+](=O)[O-])cc1COc1cccc(C)c1C. The third-order valence-corrected chi connectivity index (χ3v) is 3.51. The number of anilines is 1. The van der Waals surface area contributed by atoms with Crippen molar-refractivity contribution in [1.82, 2.24) is 0 Å². The van der Waals surface area contributed by atoms with Crippen LogP contribution in [0.1, 0.15) is 16.7 Å². The molecule has 2 rings (SSSR count). The van der Waals surface area contributed by atoms with Crippen LogP contribution in [0.5, 0.6) is 5.75 Å². The molecule has 0 heterocycles. The first-order chi connectivity index (χ1) is 10.0. The number of hydrogen-bond acceptors (Lipinski definition) is 4. The highest BCUT2D eigenvalue weighted by atomic mass is 16.6. The van der Waals surface area contributed by atoms with Crippen molar-refractivity contribution in [3.05, 3.63) is 63.2 Å². The fourth-order valence-electron chi connectivity index (χ4n) is 2.09. The van der Waals surface area contributed by atoms with Crippen molar-refractivity contribution in [3.8, 4) is 5.75 Å². The number of hydrogen-bond donors (Lipinski definition) is 1. The summed E-state index contributed by atoms with van der Waals surface area (Å²) in [5.74, 6) is 0.795. The van der Waals surface area contributed by atoms with Crippen LogP contribution in [0.4, 0.5) is 11.4 Å². The minimum absolute atomic E-state index is 0.0635. The van der Waals surface area contributed by atoms with Gasteiger partial charge >= 0.3 is 0 Å². The molecule has 2 aromatic rings. The second-order valence-electron chi connectivity index (χ2n) is 4.84. The van der Waals surface area contributed by atoms with Gasteiger partial charge in [0, 0.05) is 30.4 Å². The summed E-state index contributed by atoms with van der Waals surface area (Å²) in [5.41, 5.74) is 3.88. The molecule has 0 saturated carbocycles. The van der Waals surface area contributed by atoms with Crippen molar-refractivity contribution in [2.24, 2.45) is 0 Å². The van der Waals surface area contributed by atoms with Crippen molar-refractivity contribution < 1.29 is 9.66 Å². The maximum absolute atomic E-state index is 10.9. The molecule has 0 amide bonds. The predicted octanol–water partition coefficient (Wildman–Crippen LogP) is 3.83. The van der Waals surface area contributed by atoms with E-state index in [2.05, 4.69) is 5.32 Å². The first-order valence-electron chi connectivity index (χ1n) is 6.67. The van der Waals surface area contributed by atoms with E-state index in [4.69, 9.17) is 4.74 Å². The van der Waals surface area contributed by atoms with E-state index in [9.17, 15) is 10.1 Å². The second kappa shape index (κ2) is 6.26. The number of non-ortho nitro benzene ring substituents is 1. The molecule has 0 aliphatic heterocycles. The van der Waals surface area contributed by atoms with E-state index >= 15 is 0 Å². The molecule has 0 aromatic heterocycles. The molecule has 0 saturated heterocycles. The van der Waals surface area contributed by atoms with Crippen molar-refractivity contribution in [3.63, 3.8) is 0 Å². The van der Waals surface area contributed by atoms with Crippen LogP contribution < -0.4 is 10.1 Å². The average Bonchev–Trinajstić information content (AvgIpc) is 2.48. The Hall–Kier alpha value is -2.56. The zero-order valence-electron chi connectivity index (χ0n) is 12.3. The summed E-state index contributed by atoms with van der Waals surface area (Å²) in [6, 6.07) is 10.6. The molecule has 0 atom stereocenters. The molecule has 5 heteroatoms. The van der Waals surface area contributed by atoms with Gasteiger partial charge in [0.25, 0.3) is 5.69 Å². The highest BCUT2D eigenvalue weighted by Gasteiger charge is 2.11. The molecule has 0 radical (unpaired) electrons. The molecule has 0 aliphatic rings. The summed E-state index contributed by atoms with van der Waals surface area (Å²) in [5, 5.41) is 13.9. The number of nitro groups is 1. The Labute approximate surface area is 123 Å². The largest absolute Gasteiger partial charge is 0.489 e. The molecule has 0 bridgehead atoms. The molecule has 2 aromatic carbocycles. The summed E-state index contributed by atoms with van der Waals surface area (Å²) in [7, 11) is 1.78. The molecular formula is C16H18N2O3. The van der Waals surface area contributed by atoms with Gasteiger partial charge in [0.05, 0.1) is 4.92 Å². The zero-order valence-corrected chi connectivity index (χ0v) is 12.3. The summed E-state index contributed by atoms with van der Waals surface area (Å²) < 4.78 is 5.82. The van der Waals surface area contributed by atoms with Crippen molar-refractivity contribution in [1.29, 1.82) is 0 Å². The average molecular weight is 286 g/mol. The zero-order chi connectivity index (χ0) is 15.4. The van der Waals surface area contributed by atoms with E-state index in [1.54, 1.807) is 13.1 Å². The summed E-state index contributed by atoms with van der Waals surface area (Å²) in [6.07, 6.45) is 0. The van der Waals surface area contributed by atoms with Gasteiger partial charge in [-0.15, -0.1) is 0 Å². The lowest BCUT2D eigenvalue weighted by Crippen LogP contribution is -2.03. The second-order valence-corrected chi connectivity index (χ2v) is 4.84. The topological polar surface area (TPSA) is 64.4 Å². The van der Waals surface area contributed by atoms with Gasteiger partial charge in [0.15, 0.2) is 0 Å². The number of benzene rings is 2. The minimum atomic E-state index is -0.402. The van der Waals surface area contributed by atoms with Gasteiger partial charge in [0.2, 0.25) is 0 Å². The fourth-order valence-corrected chi connectivity index (χ4v) is 2.09. The van der Waals surface area contributed by atoms with Gasteiger partial charge in [0.1, 0.15) is 12.4 Å². The molecule has 5 nitrogen and oxygen atoms in total. The van der Waals surface area contributed by atoms with E-state index in [0.717, 1.165) is 28.1 Å². The van der Waals surface area contributed by atoms with Gasteiger partial charge in [-0.25, -0.2) is 0 Å². The first-order valence-corrected chi connectivity index (χ1v) is 6.67. The molecule has 0 fully saturated rings. The summed E-state index contributed by atoms with van der Waals surface area (Å²) in [4.78, 5) is 10.5. The molecule has 0 unspecified atom stereocenters. The molecule has 0 spiro atoms. The minimum Gasteiger partial charge on any atom is -0.489 e. The van der Waals surface area contributed by atoms with E-state index < -0.39 is 4.92 Å². The molecule has 110 valence electrons. The third kappa shape index (κ3) is 3.31. The number of nitrogens with zero attached hydrogens (tertiary/aromatic N) is 1. The van der Waals surface area contributed by atoms with Gasteiger partial charge in [-0.1, -0.05) is 12.1 Å². The predicted molar refractivity (Wildman–Crippen MR) is 82.9 cm³/mol. The van der Waals surface area contributed by atoms with Crippen LogP contribution in [0.15, 0.2) is 36.4 Å². The van der Waals surface area contributed by atoms with E-state index in [1.807, 2.05) is 32.0 Å². The first kappa shape index (κ1) is 14.8. The van der Waals surface area contributed by atoms with Crippen LogP contribution in [-0.4, -0.2) is 12.0 Å². The maximum atomic E-state index is 10.9. The van der Waals surface area contributed by atoms with Crippen molar-refractivity contribution in [2.45, 2.75) is 20.5 Å². The maximum Gasteiger partial charge on any atom is 0.269 e. The summed E-state index contributed by atoms with van der Waals surface area (Å²) >= 11 is 0. The molecule has 1 N–H and O–H groups in total. The summed E-state index contributed by atoms with van der Waals surface area (Å²) in [6.45, 7) is 4.30. The molecule has 21 heavy (non-hydrogen) atoms. The highest BCUT2D eigenvalue weighted by molar-refractivity contribution is 5.55. The third-order valence-electron chi connectivity index (χ3n) is 3.51. The van der Waals surface area contributed by atoms with Crippen LogP contribution in [0.3, 0.4) is 0 Å². The number of rotatable bonds is 5. The van der Waals surface area contributed by atoms with Crippen molar-refractivity contribution in [2.75, 3.05) is 12.4 Å². The van der Waals surface area contributed by atoms with Gasteiger partial charge < -0.3 is 10.1 Å². The normalized spacial score (nSPS) is 10.2. The Morgan fingerprint density at radius 3 is 2.67 bits per heavy atom. The fraction of sp³-hybridized carbons (Fsp3) is 0.250. The van der Waals surface area contributed by atoms with Gasteiger partial charge in [-0.2, -0.15) is 0 Å². The van der Waals surface area contributed by atoms with Crippen molar-refractivity contribution >= 4 is 11.4 Å². The van der Waals surface area contributed by atoms with Crippen LogP contribution in [0.25, 0.3) is 0 Å². The number of nitrogens with one attached hydrogen (secondary N) is 1. The van der Waals surface area contributed by atoms with Crippen LogP contribution in [-0.2, 0) is 6.61 Å². The lowest BCUT2D eigenvalue weighted by Gasteiger charge is -2.13. The number of ether oxygens (including phenoxy) is 1. The Kier molecular flexibility index (Phi) is 4.42. The monoisotopic (exact) mass is 286 g/mol. The molecular weight excluding hydrogens is 268 g/mol. The molecule has 0 aliphatic carbocycles. The highest BCUT2D eigenvalue weighted by Crippen LogP contribution is 2.26.